The molecule has 1 aromatic heterocycles. The van der Waals surface area contributed by atoms with Gasteiger partial charge in [0.15, 0.2) is 5.16 Å². The molecule has 1 aromatic carbocycles. The largest absolute Gasteiger partial charge is 0.300 e. The van der Waals surface area contributed by atoms with Gasteiger partial charge in [-0.1, -0.05) is 49.0 Å². The Morgan fingerprint density at radius 1 is 1.05 bits per heavy atom. The summed E-state index contributed by atoms with van der Waals surface area (Å²) in [5.74, 6) is 2.20. The van der Waals surface area contributed by atoms with Crippen molar-refractivity contribution in [2.45, 2.75) is 44.4 Å². The maximum atomic E-state index is 4.48. The highest BCUT2D eigenvalue weighted by atomic mass is 32.2. The third-order valence-electron chi connectivity index (χ3n) is 3.98. The lowest BCUT2D eigenvalue weighted by Crippen LogP contribution is -2.21. The summed E-state index contributed by atoms with van der Waals surface area (Å²) in [5.41, 5.74) is 1.31. The molecule has 5 heteroatoms. The van der Waals surface area contributed by atoms with Crippen molar-refractivity contribution in [1.29, 1.82) is 0 Å². The second-order valence-corrected chi connectivity index (χ2v) is 6.86. The third-order valence-corrected chi connectivity index (χ3v) is 5.15. The molecule has 4 nitrogen and oxygen atoms in total. The maximum absolute atomic E-state index is 4.48. The summed E-state index contributed by atoms with van der Waals surface area (Å²) in [6.45, 7) is 6.37. The first-order chi connectivity index (χ1) is 10.9. The minimum atomic E-state index is 0.864. The van der Waals surface area contributed by atoms with Crippen LogP contribution in [0.5, 0.6) is 0 Å². The molecule has 0 spiro atoms. The second-order valence-electron chi connectivity index (χ2n) is 5.80. The van der Waals surface area contributed by atoms with E-state index < -0.39 is 0 Å². The standard InChI is InChI=1S/C17H24N4S/c1-2-12-22-17-19-18-16(14-20-10-6-7-11-20)21(17)13-15-8-4-3-5-9-15/h3-5,8-9H,2,6-7,10-14H2,1H3. The van der Waals surface area contributed by atoms with E-state index >= 15 is 0 Å². The lowest BCUT2D eigenvalue weighted by Gasteiger charge is -2.16. The highest BCUT2D eigenvalue weighted by molar-refractivity contribution is 7.99. The Bertz CT molecular complexity index is 576. The topological polar surface area (TPSA) is 34.0 Å². The molecule has 118 valence electrons. The van der Waals surface area contributed by atoms with Gasteiger partial charge in [0.25, 0.3) is 0 Å². The zero-order valence-electron chi connectivity index (χ0n) is 13.2. The minimum Gasteiger partial charge on any atom is -0.300 e. The summed E-state index contributed by atoms with van der Waals surface area (Å²) >= 11 is 1.82. The molecule has 2 aromatic rings. The van der Waals surface area contributed by atoms with Crippen LogP contribution in [0.1, 0.15) is 37.6 Å². The van der Waals surface area contributed by atoms with Crippen molar-refractivity contribution in [1.82, 2.24) is 19.7 Å². The first-order valence-electron chi connectivity index (χ1n) is 8.18. The van der Waals surface area contributed by atoms with E-state index in [9.17, 15) is 0 Å². The van der Waals surface area contributed by atoms with Gasteiger partial charge < -0.3 is 4.57 Å². The van der Waals surface area contributed by atoms with Gasteiger partial charge in [0.2, 0.25) is 0 Å². The van der Waals surface area contributed by atoms with Gasteiger partial charge in [0.1, 0.15) is 5.82 Å². The van der Waals surface area contributed by atoms with E-state index in [0.29, 0.717) is 0 Å². The molecule has 0 N–H and O–H groups in total. The van der Waals surface area contributed by atoms with Crippen molar-refractivity contribution in [3.05, 3.63) is 41.7 Å². The molecule has 0 bridgehead atoms. The van der Waals surface area contributed by atoms with Crippen LogP contribution in [-0.2, 0) is 13.1 Å². The normalized spacial score (nSPS) is 15.5. The van der Waals surface area contributed by atoms with Crippen molar-refractivity contribution in [2.75, 3.05) is 18.8 Å². The average Bonchev–Trinajstić information content (AvgIpc) is 3.18. The quantitative estimate of drug-likeness (QED) is 0.733. The van der Waals surface area contributed by atoms with Crippen LogP contribution in [0.25, 0.3) is 0 Å². The van der Waals surface area contributed by atoms with E-state index in [2.05, 4.69) is 56.9 Å². The van der Waals surface area contributed by atoms with Gasteiger partial charge in [0, 0.05) is 5.75 Å². The summed E-state index contributed by atoms with van der Waals surface area (Å²) < 4.78 is 2.30. The molecule has 0 saturated carbocycles. The summed E-state index contributed by atoms with van der Waals surface area (Å²) in [4.78, 5) is 2.49. The monoisotopic (exact) mass is 316 g/mol. The van der Waals surface area contributed by atoms with Crippen LogP contribution in [0.3, 0.4) is 0 Å². The Hall–Kier alpha value is -1.33. The van der Waals surface area contributed by atoms with Crippen LogP contribution < -0.4 is 0 Å². The average molecular weight is 316 g/mol. The van der Waals surface area contributed by atoms with Gasteiger partial charge in [-0.25, -0.2) is 0 Å². The second kappa shape index (κ2) is 7.79. The number of thioether (sulfide) groups is 1. The zero-order chi connectivity index (χ0) is 15.2. The number of likely N-dealkylation sites (tertiary alicyclic amines) is 1. The lowest BCUT2D eigenvalue weighted by molar-refractivity contribution is 0.316. The van der Waals surface area contributed by atoms with Crippen LogP contribution in [0.4, 0.5) is 0 Å². The number of rotatable bonds is 7. The number of hydrogen-bond donors (Lipinski definition) is 0. The first-order valence-corrected chi connectivity index (χ1v) is 9.16. The molecule has 22 heavy (non-hydrogen) atoms. The van der Waals surface area contributed by atoms with Gasteiger partial charge >= 0.3 is 0 Å². The Labute approximate surface area is 136 Å². The molecular weight excluding hydrogens is 292 g/mol. The van der Waals surface area contributed by atoms with Crippen molar-refractivity contribution >= 4 is 11.8 Å². The van der Waals surface area contributed by atoms with Crippen LogP contribution in [0, 0.1) is 0 Å². The van der Waals surface area contributed by atoms with Gasteiger partial charge in [-0.2, -0.15) is 0 Å². The summed E-state index contributed by atoms with van der Waals surface area (Å²) in [6, 6.07) is 10.6. The molecule has 3 rings (SSSR count). The summed E-state index contributed by atoms with van der Waals surface area (Å²) in [5, 5.41) is 9.98. The van der Waals surface area contributed by atoms with Gasteiger partial charge in [-0.15, -0.1) is 10.2 Å². The van der Waals surface area contributed by atoms with Crippen LogP contribution in [0.15, 0.2) is 35.5 Å². The molecule has 0 aliphatic carbocycles. The number of aromatic nitrogens is 3. The molecule has 2 heterocycles. The first kappa shape index (κ1) is 15.6. The maximum Gasteiger partial charge on any atom is 0.191 e. The van der Waals surface area contributed by atoms with Crippen molar-refractivity contribution in [3.63, 3.8) is 0 Å². The molecule has 0 unspecified atom stereocenters. The predicted octanol–water partition coefficient (Wildman–Crippen LogP) is 3.42. The molecule has 1 fully saturated rings. The van der Waals surface area contributed by atoms with Crippen molar-refractivity contribution < 1.29 is 0 Å². The zero-order valence-corrected chi connectivity index (χ0v) is 14.1. The molecule has 0 radical (unpaired) electrons. The smallest absolute Gasteiger partial charge is 0.191 e. The molecule has 1 aliphatic heterocycles. The van der Waals surface area contributed by atoms with Gasteiger partial charge in [-0.05, 0) is 37.9 Å². The van der Waals surface area contributed by atoms with E-state index in [1.165, 1.54) is 31.5 Å². The van der Waals surface area contributed by atoms with Crippen LogP contribution >= 0.6 is 11.8 Å². The fraction of sp³-hybridized carbons (Fsp3) is 0.529. The molecule has 1 aliphatic rings. The Morgan fingerprint density at radius 2 is 1.82 bits per heavy atom. The summed E-state index contributed by atoms with van der Waals surface area (Å²) in [6.07, 6.45) is 3.78. The molecule has 0 amide bonds. The highest BCUT2D eigenvalue weighted by Crippen LogP contribution is 2.21. The van der Waals surface area contributed by atoms with E-state index in [1.54, 1.807) is 0 Å². The van der Waals surface area contributed by atoms with E-state index in [4.69, 9.17) is 0 Å². The SMILES string of the molecule is CCCSc1nnc(CN2CCCC2)n1Cc1ccccc1. The Balaban J connectivity index is 1.80. The van der Waals surface area contributed by atoms with E-state index in [1.807, 2.05) is 11.8 Å². The van der Waals surface area contributed by atoms with Crippen molar-refractivity contribution in [3.8, 4) is 0 Å². The fourth-order valence-corrected chi connectivity index (χ4v) is 3.61. The number of benzene rings is 1. The van der Waals surface area contributed by atoms with Crippen LogP contribution in [-0.4, -0.2) is 38.5 Å². The number of nitrogens with zero attached hydrogens (tertiary/aromatic N) is 4. The fourth-order valence-electron chi connectivity index (χ4n) is 2.80. The van der Waals surface area contributed by atoms with Crippen molar-refractivity contribution in [2.24, 2.45) is 0 Å². The predicted molar refractivity (Wildman–Crippen MR) is 91.1 cm³/mol. The summed E-state index contributed by atoms with van der Waals surface area (Å²) in [7, 11) is 0. The molecule has 1 saturated heterocycles. The highest BCUT2D eigenvalue weighted by Gasteiger charge is 2.18. The Morgan fingerprint density at radius 3 is 2.55 bits per heavy atom. The molecule has 0 atom stereocenters. The van der Waals surface area contributed by atoms with E-state index in [0.717, 1.165) is 36.2 Å². The molecular formula is C17H24N4S. The third kappa shape index (κ3) is 3.90. The van der Waals surface area contributed by atoms with Gasteiger partial charge in [-0.3, -0.25) is 4.90 Å². The van der Waals surface area contributed by atoms with Gasteiger partial charge in [0.05, 0.1) is 13.1 Å². The number of hydrogen-bond acceptors (Lipinski definition) is 4. The minimum absolute atomic E-state index is 0.864. The van der Waals surface area contributed by atoms with Crippen LogP contribution in [0.2, 0.25) is 0 Å². The Kier molecular flexibility index (Phi) is 5.51. The van der Waals surface area contributed by atoms with E-state index in [-0.39, 0.29) is 0 Å². The lowest BCUT2D eigenvalue weighted by atomic mass is 10.2.